The van der Waals surface area contributed by atoms with Gasteiger partial charge in [0, 0.05) is 21.3 Å². The van der Waals surface area contributed by atoms with Gasteiger partial charge in [0.05, 0.1) is 13.2 Å². The molecular weight excluding hydrogens is 515 g/mol. The summed E-state index contributed by atoms with van der Waals surface area (Å²) >= 11 is 0. The first-order chi connectivity index (χ1) is 16.8. The van der Waals surface area contributed by atoms with E-state index >= 15 is 0 Å². The van der Waals surface area contributed by atoms with Crippen LogP contribution in [0.2, 0.25) is 0 Å². The monoisotopic (exact) mass is 550 g/mol. The third-order valence-corrected chi connectivity index (χ3v) is 7.61. The van der Waals surface area contributed by atoms with Crippen LogP contribution in [0.4, 0.5) is 0 Å². The number of aliphatic hydroxyl groups excluding tert-OH is 5. The van der Waals surface area contributed by atoms with Gasteiger partial charge in [0.25, 0.3) is 0 Å². The van der Waals surface area contributed by atoms with Crippen molar-refractivity contribution in [1.29, 1.82) is 0 Å². The lowest BCUT2D eigenvalue weighted by Crippen LogP contribution is -2.73. The van der Waals surface area contributed by atoms with Crippen molar-refractivity contribution in [2.24, 2.45) is 0 Å². The fourth-order valence-corrected chi connectivity index (χ4v) is 5.02. The van der Waals surface area contributed by atoms with Crippen LogP contribution in [0, 0.1) is 0 Å². The molecule has 0 aliphatic carbocycles. The normalized spacial score (nSPS) is 49.3. The fraction of sp³-hybridized carbons (Fsp3) is 1.00. The molecule has 3 fully saturated rings. The van der Waals surface area contributed by atoms with Gasteiger partial charge >= 0.3 is 7.82 Å². The first kappa shape index (κ1) is 30.2. The molecule has 13 atom stereocenters. The molecule has 212 valence electrons. The predicted molar refractivity (Wildman–Crippen MR) is 113 cm³/mol. The summed E-state index contributed by atoms with van der Waals surface area (Å²) in [5.41, 5.74) is 0. The number of methoxy groups -OCH3 is 3. The Morgan fingerprint density at radius 3 is 1.89 bits per heavy atom. The molecule has 0 saturated carbocycles. The van der Waals surface area contributed by atoms with Crippen molar-refractivity contribution in [3.05, 3.63) is 0 Å². The van der Waals surface area contributed by atoms with E-state index in [1.807, 2.05) is 0 Å². The third-order valence-electron chi connectivity index (χ3n) is 6.66. The maximum absolute atomic E-state index is 12.6. The molecule has 6 N–H and O–H groups in total. The number of aliphatic hydroxyl groups is 5. The van der Waals surface area contributed by atoms with E-state index in [0.29, 0.717) is 0 Å². The highest BCUT2D eigenvalue weighted by Gasteiger charge is 2.62. The Kier molecular flexibility index (Phi) is 9.55. The lowest BCUT2D eigenvalue weighted by molar-refractivity contribution is -0.479. The lowest BCUT2D eigenvalue weighted by Gasteiger charge is -2.56. The van der Waals surface area contributed by atoms with E-state index in [9.17, 15) is 35.0 Å². The molecule has 0 aromatic carbocycles. The van der Waals surface area contributed by atoms with Crippen LogP contribution in [0.15, 0.2) is 0 Å². The maximum Gasteiger partial charge on any atom is 0.474 e. The molecule has 0 aromatic rings. The smallest absolute Gasteiger partial charge is 0.394 e. The van der Waals surface area contributed by atoms with Gasteiger partial charge in [-0.05, 0) is 13.8 Å². The zero-order valence-electron chi connectivity index (χ0n) is 20.4. The Bertz CT molecular complexity index is 787. The Morgan fingerprint density at radius 2 is 1.36 bits per heavy atom. The summed E-state index contributed by atoms with van der Waals surface area (Å²) in [7, 11) is -1.03. The highest BCUT2D eigenvalue weighted by molar-refractivity contribution is 7.47. The Morgan fingerprint density at radius 1 is 0.806 bits per heavy atom. The molecule has 16 nitrogen and oxygen atoms in total. The Balaban J connectivity index is 1.74. The molecule has 0 amide bonds. The van der Waals surface area contributed by atoms with Crippen LogP contribution < -0.4 is 0 Å². The molecule has 3 heterocycles. The van der Waals surface area contributed by atoms with Gasteiger partial charge in [-0.1, -0.05) is 0 Å². The van der Waals surface area contributed by atoms with Crippen molar-refractivity contribution < 1.29 is 77.2 Å². The van der Waals surface area contributed by atoms with Gasteiger partial charge < -0.3 is 63.6 Å². The fourth-order valence-electron chi connectivity index (χ4n) is 4.18. The maximum atomic E-state index is 12.6. The number of hydrogen-bond donors (Lipinski definition) is 6. The molecule has 0 bridgehead atoms. The quantitative estimate of drug-likeness (QED) is 0.159. The number of ether oxygens (including phenoxy) is 7. The molecule has 1 unspecified atom stereocenters. The average Bonchev–Trinajstić information content (AvgIpc) is 2.85. The number of phosphoric ester groups is 1. The molecule has 3 aliphatic rings. The highest BCUT2D eigenvalue weighted by atomic mass is 31.2. The zero-order valence-corrected chi connectivity index (χ0v) is 21.3. The minimum atomic E-state index is -5.00. The van der Waals surface area contributed by atoms with E-state index in [2.05, 4.69) is 0 Å². The van der Waals surface area contributed by atoms with E-state index in [4.69, 9.17) is 42.2 Å². The van der Waals surface area contributed by atoms with Crippen molar-refractivity contribution in [2.75, 3.05) is 34.5 Å². The number of phosphoric acid groups is 1. The summed E-state index contributed by atoms with van der Waals surface area (Å²) in [6, 6.07) is 0. The summed E-state index contributed by atoms with van der Waals surface area (Å²) < 4.78 is 61.3. The summed E-state index contributed by atoms with van der Waals surface area (Å²) in [6.45, 7) is 1.64. The van der Waals surface area contributed by atoms with Crippen LogP contribution in [0.3, 0.4) is 0 Å². The van der Waals surface area contributed by atoms with E-state index in [0.717, 1.165) is 0 Å². The van der Waals surface area contributed by atoms with Gasteiger partial charge in [-0.2, -0.15) is 0 Å². The molecule has 36 heavy (non-hydrogen) atoms. The SMILES string of the molecule is CO[C@@H]1O[C@H](COP(=O)(O)O[C@H]2O[C@H](CO)[C@@H](O)[C@H](O)[C@@H]2O)[C@H]2O[C@](C)(OC)[C@@](C)(OC)O[C@@H]2[C@@H]1O. The summed E-state index contributed by atoms with van der Waals surface area (Å²) in [4.78, 5) is 10.2. The minimum Gasteiger partial charge on any atom is -0.394 e. The van der Waals surface area contributed by atoms with Crippen molar-refractivity contribution in [2.45, 2.75) is 86.8 Å². The third kappa shape index (κ3) is 5.65. The number of rotatable bonds is 9. The molecule has 0 aromatic heterocycles. The minimum absolute atomic E-state index is 0.661. The zero-order chi connectivity index (χ0) is 27.1. The number of hydrogen-bond acceptors (Lipinski definition) is 15. The first-order valence-corrected chi connectivity index (χ1v) is 12.5. The average molecular weight is 550 g/mol. The standard InChI is InChI=1S/C19H35O16P/c1-18(28-4)19(2,29-5)34-15-13(24)16(27-3)32-9(14(15)33-18)7-30-36(25,26)35-17-12(23)11(22)10(21)8(6-20)31-17/h8-17,20-24H,6-7H2,1-5H3,(H,25,26)/t8-,9-,10-,11+,12+,13+,14-,15-,16-,17-,18+,19+/m1/s1. The lowest BCUT2D eigenvalue weighted by atomic mass is 9.94. The summed E-state index contributed by atoms with van der Waals surface area (Å²) in [5.74, 6) is -2.97. The first-order valence-electron chi connectivity index (χ1n) is 11.0. The van der Waals surface area contributed by atoms with E-state index < -0.39 is 94.0 Å². The summed E-state index contributed by atoms with van der Waals surface area (Å²) in [5, 5.41) is 49.7. The van der Waals surface area contributed by atoms with Gasteiger partial charge in [0.15, 0.2) is 12.6 Å². The van der Waals surface area contributed by atoms with E-state index in [1.54, 1.807) is 6.92 Å². The van der Waals surface area contributed by atoms with Gasteiger partial charge in [-0.3, -0.25) is 9.05 Å². The van der Waals surface area contributed by atoms with Crippen molar-refractivity contribution >= 4 is 7.82 Å². The molecule has 17 heteroatoms. The van der Waals surface area contributed by atoms with Gasteiger partial charge in [-0.15, -0.1) is 0 Å². The molecule has 3 aliphatic heterocycles. The second-order valence-corrected chi connectivity index (χ2v) is 10.2. The topological polar surface area (TPSA) is 222 Å². The van der Waals surface area contributed by atoms with Gasteiger partial charge in [-0.25, -0.2) is 4.57 Å². The molecule has 0 radical (unpaired) electrons. The second-order valence-electron chi connectivity index (χ2n) is 8.80. The van der Waals surface area contributed by atoms with Crippen LogP contribution in [0.25, 0.3) is 0 Å². The molecule has 0 spiro atoms. The number of fused-ring (bicyclic) bond motifs is 1. The van der Waals surface area contributed by atoms with Crippen LogP contribution in [0.5, 0.6) is 0 Å². The molecule has 3 saturated heterocycles. The Hall–Kier alpha value is -0.370. The van der Waals surface area contributed by atoms with Crippen LogP contribution in [0.1, 0.15) is 13.8 Å². The van der Waals surface area contributed by atoms with Crippen LogP contribution in [-0.4, -0.2) is 138 Å². The molecule has 3 rings (SSSR count). The predicted octanol–water partition coefficient (Wildman–Crippen LogP) is -2.84. The van der Waals surface area contributed by atoms with Gasteiger partial charge in [0.1, 0.15) is 48.8 Å². The van der Waals surface area contributed by atoms with Crippen LogP contribution in [-0.2, 0) is 46.8 Å². The van der Waals surface area contributed by atoms with Crippen molar-refractivity contribution in [3.8, 4) is 0 Å². The Labute approximate surface area is 207 Å². The largest absolute Gasteiger partial charge is 0.474 e. The van der Waals surface area contributed by atoms with Gasteiger partial charge in [0.2, 0.25) is 11.6 Å². The van der Waals surface area contributed by atoms with Crippen molar-refractivity contribution in [1.82, 2.24) is 0 Å². The second kappa shape index (κ2) is 11.4. The van der Waals surface area contributed by atoms with E-state index in [1.165, 1.54) is 28.3 Å². The summed E-state index contributed by atoms with van der Waals surface area (Å²) in [6.07, 6.45) is -14.7. The van der Waals surface area contributed by atoms with E-state index in [-0.39, 0.29) is 0 Å². The van der Waals surface area contributed by atoms with Crippen molar-refractivity contribution in [3.63, 3.8) is 0 Å². The molecular formula is C19H35O16P. The van der Waals surface area contributed by atoms with Crippen LogP contribution >= 0.6 is 7.82 Å². The highest BCUT2D eigenvalue weighted by Crippen LogP contribution is 2.48.